The number of nitrogens with one attached hydrogen (secondary N) is 1. The summed E-state index contributed by atoms with van der Waals surface area (Å²) in [6.07, 6.45) is 6.73. The number of carbonyl (C=O) groups is 1. The van der Waals surface area contributed by atoms with E-state index >= 15 is 0 Å². The summed E-state index contributed by atoms with van der Waals surface area (Å²) in [5, 5.41) is 22.2. The van der Waals surface area contributed by atoms with Crippen LogP contribution in [0.25, 0.3) is 0 Å². The van der Waals surface area contributed by atoms with E-state index in [9.17, 15) is 15.0 Å². The Morgan fingerprint density at radius 2 is 2.06 bits per heavy atom. The van der Waals surface area contributed by atoms with Crippen LogP contribution in [0.1, 0.15) is 58.8 Å². The Labute approximate surface area is 110 Å². The first kappa shape index (κ1) is 15.4. The molecule has 1 rings (SSSR count). The monoisotopic (exact) mass is 257 g/mol. The molecule has 18 heavy (non-hydrogen) atoms. The molecule has 0 amide bonds. The summed E-state index contributed by atoms with van der Waals surface area (Å²) in [5.41, 5.74) is -0.911. The minimum atomic E-state index is -0.911. The van der Waals surface area contributed by atoms with E-state index in [0.717, 1.165) is 12.8 Å². The molecule has 1 fully saturated rings. The van der Waals surface area contributed by atoms with Crippen LogP contribution in [0.4, 0.5) is 0 Å². The minimum absolute atomic E-state index is 0.374. The largest absolute Gasteiger partial charge is 0.480 e. The van der Waals surface area contributed by atoms with Gasteiger partial charge in [-0.3, -0.25) is 10.1 Å². The second-order valence-electron chi connectivity index (χ2n) is 5.81. The molecule has 4 nitrogen and oxygen atoms in total. The fourth-order valence-electron chi connectivity index (χ4n) is 2.83. The summed E-state index contributed by atoms with van der Waals surface area (Å²) in [4.78, 5) is 11.2. The van der Waals surface area contributed by atoms with E-state index < -0.39 is 17.6 Å². The third-order valence-electron chi connectivity index (χ3n) is 4.03. The standard InChI is InChI=1S/C14H27NO3/c1-3-8-14(2,13(17)18)15-10-12(16)9-11-6-4-5-7-11/h11-12,15-16H,3-10H2,1-2H3,(H,17,18). The molecule has 2 atom stereocenters. The summed E-state index contributed by atoms with van der Waals surface area (Å²) in [7, 11) is 0. The molecule has 0 radical (unpaired) electrons. The number of aliphatic carboxylic acids is 1. The van der Waals surface area contributed by atoms with E-state index in [4.69, 9.17) is 0 Å². The van der Waals surface area contributed by atoms with Gasteiger partial charge in [-0.05, 0) is 25.7 Å². The number of carboxylic acids is 1. The van der Waals surface area contributed by atoms with Crippen molar-refractivity contribution >= 4 is 5.97 Å². The van der Waals surface area contributed by atoms with Gasteiger partial charge in [0.25, 0.3) is 0 Å². The second-order valence-corrected chi connectivity index (χ2v) is 5.81. The number of rotatable bonds is 8. The smallest absolute Gasteiger partial charge is 0.323 e. The Morgan fingerprint density at radius 3 is 2.56 bits per heavy atom. The van der Waals surface area contributed by atoms with E-state index in [1.165, 1.54) is 25.7 Å². The van der Waals surface area contributed by atoms with E-state index in [1.54, 1.807) is 6.92 Å². The lowest BCUT2D eigenvalue weighted by Crippen LogP contribution is -2.51. The SMILES string of the molecule is CCCC(C)(NCC(O)CC1CCCC1)C(=O)O. The van der Waals surface area contributed by atoms with Crippen molar-refractivity contribution in [1.82, 2.24) is 5.32 Å². The highest BCUT2D eigenvalue weighted by atomic mass is 16.4. The van der Waals surface area contributed by atoms with Crippen molar-refractivity contribution in [3.8, 4) is 0 Å². The number of hydrogen-bond donors (Lipinski definition) is 3. The molecule has 1 aliphatic carbocycles. The topological polar surface area (TPSA) is 69.6 Å². The van der Waals surface area contributed by atoms with Crippen LogP contribution in [0.2, 0.25) is 0 Å². The number of aliphatic hydroxyl groups is 1. The Morgan fingerprint density at radius 1 is 1.44 bits per heavy atom. The summed E-state index contributed by atoms with van der Waals surface area (Å²) >= 11 is 0. The first-order chi connectivity index (χ1) is 8.48. The second kappa shape index (κ2) is 7.10. The van der Waals surface area contributed by atoms with E-state index in [-0.39, 0.29) is 0 Å². The van der Waals surface area contributed by atoms with E-state index in [1.807, 2.05) is 6.92 Å². The quantitative estimate of drug-likeness (QED) is 0.623. The fraction of sp³-hybridized carbons (Fsp3) is 0.929. The van der Waals surface area contributed by atoms with Gasteiger partial charge in [-0.15, -0.1) is 0 Å². The minimum Gasteiger partial charge on any atom is -0.480 e. The molecule has 3 N–H and O–H groups in total. The zero-order valence-corrected chi connectivity index (χ0v) is 11.6. The van der Waals surface area contributed by atoms with E-state index in [0.29, 0.717) is 18.9 Å². The maximum absolute atomic E-state index is 11.2. The number of hydrogen-bond acceptors (Lipinski definition) is 3. The van der Waals surface area contributed by atoms with E-state index in [2.05, 4.69) is 5.32 Å². The molecule has 0 aromatic carbocycles. The predicted molar refractivity (Wildman–Crippen MR) is 71.5 cm³/mol. The highest BCUT2D eigenvalue weighted by Gasteiger charge is 2.32. The van der Waals surface area contributed by atoms with Crippen LogP contribution in [0, 0.1) is 5.92 Å². The van der Waals surface area contributed by atoms with Gasteiger partial charge < -0.3 is 10.2 Å². The fourth-order valence-corrected chi connectivity index (χ4v) is 2.83. The van der Waals surface area contributed by atoms with Crippen molar-refractivity contribution < 1.29 is 15.0 Å². The van der Waals surface area contributed by atoms with Gasteiger partial charge in [-0.25, -0.2) is 0 Å². The van der Waals surface area contributed by atoms with Crippen LogP contribution >= 0.6 is 0 Å². The van der Waals surface area contributed by atoms with Crippen molar-refractivity contribution in [2.75, 3.05) is 6.54 Å². The molecule has 1 aliphatic rings. The molecule has 0 aliphatic heterocycles. The van der Waals surface area contributed by atoms with Crippen molar-refractivity contribution in [2.24, 2.45) is 5.92 Å². The summed E-state index contributed by atoms with van der Waals surface area (Å²) < 4.78 is 0. The molecule has 0 bridgehead atoms. The van der Waals surface area contributed by atoms with Gasteiger partial charge in [0, 0.05) is 6.54 Å². The molecule has 1 saturated carbocycles. The lowest BCUT2D eigenvalue weighted by atomic mass is 9.95. The Balaban J connectivity index is 2.34. The third kappa shape index (κ3) is 4.58. The van der Waals surface area contributed by atoms with Gasteiger partial charge >= 0.3 is 5.97 Å². The maximum atomic E-state index is 11.2. The molecular weight excluding hydrogens is 230 g/mol. The number of β-amino-alcohol motifs (C(OH)–C–C–N with tert-alkyl or cyclic N) is 1. The van der Waals surface area contributed by atoms with Gasteiger partial charge in [0.1, 0.15) is 5.54 Å². The van der Waals surface area contributed by atoms with Gasteiger partial charge in [-0.2, -0.15) is 0 Å². The van der Waals surface area contributed by atoms with Crippen LogP contribution in [0.5, 0.6) is 0 Å². The molecule has 0 aromatic heterocycles. The summed E-state index contributed by atoms with van der Waals surface area (Å²) in [6, 6.07) is 0. The van der Waals surface area contributed by atoms with Gasteiger partial charge in [0.05, 0.1) is 6.10 Å². The Hall–Kier alpha value is -0.610. The highest BCUT2D eigenvalue weighted by molar-refractivity contribution is 5.78. The van der Waals surface area contributed by atoms with Gasteiger partial charge in [0.2, 0.25) is 0 Å². The predicted octanol–water partition coefficient (Wildman–Crippen LogP) is 2.16. The molecular formula is C14H27NO3. The first-order valence-electron chi connectivity index (χ1n) is 7.14. The van der Waals surface area contributed by atoms with Gasteiger partial charge in [-0.1, -0.05) is 39.0 Å². The van der Waals surface area contributed by atoms with Crippen LogP contribution in [-0.4, -0.2) is 34.4 Å². The first-order valence-corrected chi connectivity index (χ1v) is 7.14. The Bertz CT molecular complexity index is 264. The highest BCUT2D eigenvalue weighted by Crippen LogP contribution is 2.28. The van der Waals surface area contributed by atoms with Crippen LogP contribution in [0.3, 0.4) is 0 Å². The maximum Gasteiger partial charge on any atom is 0.323 e. The summed E-state index contributed by atoms with van der Waals surface area (Å²) in [6.45, 7) is 4.04. The molecule has 0 aromatic rings. The number of aliphatic hydroxyl groups excluding tert-OH is 1. The number of carboxylic acid groups (broad SMARTS) is 1. The lowest BCUT2D eigenvalue weighted by Gasteiger charge is -2.27. The van der Waals surface area contributed by atoms with Crippen molar-refractivity contribution in [2.45, 2.75) is 70.4 Å². The molecule has 0 spiro atoms. The zero-order chi connectivity index (χ0) is 13.6. The van der Waals surface area contributed by atoms with Crippen LogP contribution < -0.4 is 5.32 Å². The third-order valence-corrected chi connectivity index (χ3v) is 4.03. The zero-order valence-electron chi connectivity index (χ0n) is 11.6. The average molecular weight is 257 g/mol. The van der Waals surface area contributed by atoms with Crippen molar-refractivity contribution in [3.05, 3.63) is 0 Å². The van der Waals surface area contributed by atoms with Crippen molar-refractivity contribution in [1.29, 1.82) is 0 Å². The molecule has 4 heteroatoms. The lowest BCUT2D eigenvalue weighted by molar-refractivity contribution is -0.144. The van der Waals surface area contributed by atoms with Crippen LogP contribution in [-0.2, 0) is 4.79 Å². The van der Waals surface area contributed by atoms with Crippen LogP contribution in [0.15, 0.2) is 0 Å². The normalized spacial score (nSPS) is 21.7. The van der Waals surface area contributed by atoms with Crippen molar-refractivity contribution in [3.63, 3.8) is 0 Å². The molecule has 0 heterocycles. The molecule has 0 saturated heterocycles. The summed E-state index contributed by atoms with van der Waals surface area (Å²) in [5.74, 6) is -0.207. The average Bonchev–Trinajstić information content (AvgIpc) is 2.79. The molecule has 2 unspecified atom stereocenters. The van der Waals surface area contributed by atoms with Gasteiger partial charge in [0.15, 0.2) is 0 Å². The Kier molecular flexibility index (Phi) is 6.09. The molecule has 106 valence electrons.